The number of ether oxygens (including phenoxy) is 1. The molecule has 2 aromatic carbocycles. The number of H-pyrrole nitrogens is 1. The van der Waals surface area contributed by atoms with Gasteiger partial charge in [-0.2, -0.15) is 0 Å². The number of aliphatic hydroxyl groups excluding tert-OH is 1. The maximum atomic E-state index is 11.7. The van der Waals surface area contributed by atoms with Gasteiger partial charge in [-0.15, -0.1) is 0 Å². The predicted octanol–water partition coefficient (Wildman–Crippen LogP) is 4.21. The number of hydrogen-bond acceptors (Lipinski definition) is 7. The number of aromatic amines is 1. The molecule has 8 nitrogen and oxygen atoms in total. The van der Waals surface area contributed by atoms with Crippen LogP contribution in [-0.2, 0) is 11.2 Å². The number of rotatable bonds is 10. The number of carboxylic acid groups (broad SMARTS) is 1. The number of benzene rings is 2. The van der Waals surface area contributed by atoms with Crippen molar-refractivity contribution in [1.82, 2.24) is 10.3 Å². The molecule has 0 fully saturated rings. The predicted molar refractivity (Wildman–Crippen MR) is 135 cm³/mol. The minimum absolute atomic E-state index is 0.0195. The Morgan fingerprint density at radius 1 is 1.24 bits per heavy atom. The van der Waals surface area contributed by atoms with Crippen LogP contribution in [0.4, 0.5) is 0 Å². The van der Waals surface area contributed by atoms with Crippen LogP contribution in [0.25, 0.3) is 10.2 Å². The molecule has 0 aliphatic rings. The van der Waals surface area contributed by atoms with Gasteiger partial charge in [0, 0.05) is 30.6 Å². The standard InChI is InChI=1S/C23H30N2O4S.C2H4O2/c1-4-5-10-29-17-8-6-15(7-9-17)13-23(2,3)24-14-20(27)18-11-16(26)12-19-21(18)30-22(28)25-19;1-2(3)4/h6-9,11-12,20,24,26-27H,4-5,10,13-14H2,1-3H3,(H,25,28);1H3,(H,3,4). The molecule has 1 unspecified atom stereocenters. The average Bonchev–Trinajstić information content (AvgIpc) is 3.12. The number of carboxylic acids is 1. The molecular weight excluding hydrogens is 456 g/mol. The van der Waals surface area contributed by atoms with Gasteiger partial charge in [-0.25, -0.2) is 0 Å². The lowest BCUT2D eigenvalue weighted by molar-refractivity contribution is -0.134. The summed E-state index contributed by atoms with van der Waals surface area (Å²) in [7, 11) is 0. The largest absolute Gasteiger partial charge is 0.508 e. The van der Waals surface area contributed by atoms with Crippen LogP contribution in [0.2, 0.25) is 0 Å². The molecule has 186 valence electrons. The van der Waals surface area contributed by atoms with Crippen molar-refractivity contribution in [3.8, 4) is 11.5 Å². The van der Waals surface area contributed by atoms with E-state index in [4.69, 9.17) is 14.6 Å². The molecule has 0 radical (unpaired) electrons. The molecule has 3 rings (SSSR count). The molecule has 3 aromatic rings. The number of thiazole rings is 1. The maximum Gasteiger partial charge on any atom is 0.305 e. The Bertz CT molecular complexity index is 1120. The summed E-state index contributed by atoms with van der Waals surface area (Å²) in [4.78, 5) is 23.1. The number of fused-ring (bicyclic) bond motifs is 1. The lowest BCUT2D eigenvalue weighted by Crippen LogP contribution is -2.43. The third kappa shape index (κ3) is 8.81. The maximum absolute atomic E-state index is 11.7. The molecule has 0 spiro atoms. The third-order valence-electron chi connectivity index (χ3n) is 5.00. The minimum atomic E-state index is -0.848. The summed E-state index contributed by atoms with van der Waals surface area (Å²) in [5.74, 6) is 0.0675. The zero-order chi connectivity index (χ0) is 25.3. The number of aromatic nitrogens is 1. The third-order valence-corrected chi connectivity index (χ3v) is 5.95. The number of β-amino-alcohol motifs (C(OH)–C–C–N with tert-alkyl or cyclic N) is 1. The molecule has 34 heavy (non-hydrogen) atoms. The van der Waals surface area contributed by atoms with E-state index in [2.05, 4.69) is 43.2 Å². The topological polar surface area (TPSA) is 132 Å². The van der Waals surface area contributed by atoms with E-state index in [0.717, 1.165) is 49.9 Å². The van der Waals surface area contributed by atoms with Crippen LogP contribution in [0.5, 0.6) is 11.5 Å². The molecule has 9 heteroatoms. The molecule has 0 saturated carbocycles. The molecule has 0 aliphatic carbocycles. The lowest BCUT2D eigenvalue weighted by Gasteiger charge is -2.28. The van der Waals surface area contributed by atoms with Crippen LogP contribution in [0, 0.1) is 0 Å². The Labute approximate surface area is 203 Å². The van der Waals surface area contributed by atoms with Gasteiger partial charge in [-0.3, -0.25) is 9.59 Å². The molecule has 0 bridgehead atoms. The second-order valence-electron chi connectivity index (χ2n) is 8.75. The highest BCUT2D eigenvalue weighted by Crippen LogP contribution is 2.30. The normalized spacial score (nSPS) is 12.1. The van der Waals surface area contributed by atoms with Crippen molar-refractivity contribution in [1.29, 1.82) is 0 Å². The molecular formula is C25H34N2O6S. The Morgan fingerprint density at radius 3 is 2.50 bits per heavy atom. The summed E-state index contributed by atoms with van der Waals surface area (Å²) in [5.41, 5.74) is 2.01. The highest BCUT2D eigenvalue weighted by atomic mass is 32.1. The summed E-state index contributed by atoms with van der Waals surface area (Å²) in [6.45, 7) is 8.42. The number of phenols is 1. The van der Waals surface area contributed by atoms with Gasteiger partial charge in [-0.1, -0.05) is 36.8 Å². The molecule has 0 aliphatic heterocycles. The van der Waals surface area contributed by atoms with Gasteiger partial charge in [0.25, 0.3) is 5.97 Å². The van der Waals surface area contributed by atoms with Gasteiger partial charge in [-0.05, 0) is 50.5 Å². The van der Waals surface area contributed by atoms with Crippen LogP contribution in [0.1, 0.15) is 57.8 Å². The van der Waals surface area contributed by atoms with Crippen molar-refractivity contribution >= 4 is 27.5 Å². The van der Waals surface area contributed by atoms with Crippen molar-refractivity contribution in [2.45, 2.75) is 58.6 Å². The molecule has 1 aromatic heterocycles. The van der Waals surface area contributed by atoms with Gasteiger partial charge in [0.05, 0.1) is 22.9 Å². The SMILES string of the molecule is CC(=O)O.CCCCOc1ccc(CC(C)(C)NCC(O)c2cc(O)cc3[nH]c(=O)sc23)cc1. The fourth-order valence-corrected chi connectivity index (χ4v) is 4.29. The van der Waals surface area contributed by atoms with Gasteiger partial charge < -0.3 is 30.4 Å². The van der Waals surface area contributed by atoms with Crippen LogP contribution < -0.4 is 14.9 Å². The Hall–Kier alpha value is -2.88. The van der Waals surface area contributed by atoms with Gasteiger partial charge in [0.2, 0.25) is 0 Å². The number of hydrogen-bond donors (Lipinski definition) is 5. The van der Waals surface area contributed by atoms with Gasteiger partial charge >= 0.3 is 4.87 Å². The number of aliphatic hydroxyl groups is 1. The van der Waals surface area contributed by atoms with Crippen molar-refractivity contribution in [3.05, 3.63) is 57.2 Å². The second kappa shape index (κ2) is 12.5. The van der Waals surface area contributed by atoms with Crippen LogP contribution in [-0.4, -0.2) is 45.0 Å². The summed E-state index contributed by atoms with van der Waals surface area (Å²) in [6, 6.07) is 11.1. The van der Waals surface area contributed by atoms with E-state index < -0.39 is 12.1 Å². The highest BCUT2D eigenvalue weighted by Gasteiger charge is 2.22. The lowest BCUT2D eigenvalue weighted by atomic mass is 9.94. The second-order valence-corrected chi connectivity index (χ2v) is 9.73. The van der Waals surface area contributed by atoms with Gasteiger partial charge in [0.1, 0.15) is 11.5 Å². The number of phenolic OH excluding ortho intramolecular Hbond substituents is 1. The summed E-state index contributed by atoms with van der Waals surface area (Å²) >= 11 is 1.04. The van der Waals surface area contributed by atoms with Gasteiger partial charge in [0.15, 0.2) is 0 Å². The number of nitrogens with one attached hydrogen (secondary N) is 2. The van der Waals surface area contributed by atoms with Crippen molar-refractivity contribution < 1.29 is 24.9 Å². The average molecular weight is 491 g/mol. The fraction of sp³-hybridized carbons (Fsp3) is 0.440. The number of unbranched alkanes of at least 4 members (excludes halogenated alkanes) is 1. The van der Waals surface area contributed by atoms with E-state index in [9.17, 15) is 15.0 Å². The number of aliphatic carboxylic acids is 1. The molecule has 5 N–H and O–H groups in total. The molecule has 0 saturated heterocycles. The van der Waals surface area contributed by atoms with Crippen LogP contribution >= 0.6 is 11.3 Å². The number of carbonyl (C=O) groups is 1. The Kier molecular flexibility index (Phi) is 10.1. The zero-order valence-electron chi connectivity index (χ0n) is 20.1. The molecule has 1 heterocycles. The first-order valence-electron chi connectivity index (χ1n) is 11.2. The number of aromatic hydroxyl groups is 1. The van der Waals surface area contributed by atoms with Crippen LogP contribution in [0.3, 0.4) is 0 Å². The fourth-order valence-electron chi connectivity index (χ4n) is 3.41. The van der Waals surface area contributed by atoms with E-state index >= 15 is 0 Å². The van der Waals surface area contributed by atoms with E-state index in [1.54, 1.807) is 0 Å². The van der Waals surface area contributed by atoms with Crippen LogP contribution in [0.15, 0.2) is 41.2 Å². The Morgan fingerprint density at radius 2 is 1.88 bits per heavy atom. The smallest absolute Gasteiger partial charge is 0.305 e. The minimum Gasteiger partial charge on any atom is -0.508 e. The van der Waals surface area contributed by atoms with Crippen molar-refractivity contribution in [2.24, 2.45) is 0 Å². The van der Waals surface area contributed by atoms with E-state index in [1.807, 2.05) is 12.1 Å². The highest BCUT2D eigenvalue weighted by molar-refractivity contribution is 7.16. The molecule has 1 atom stereocenters. The van der Waals surface area contributed by atoms with E-state index in [-0.39, 0.29) is 16.2 Å². The Balaban J connectivity index is 0.000000945. The zero-order valence-corrected chi connectivity index (χ0v) is 20.9. The monoisotopic (exact) mass is 490 g/mol. The van der Waals surface area contributed by atoms with Crippen molar-refractivity contribution in [2.75, 3.05) is 13.2 Å². The molecule has 0 amide bonds. The first-order chi connectivity index (χ1) is 16.0. The summed E-state index contributed by atoms with van der Waals surface area (Å²) in [6.07, 6.45) is 2.09. The van der Waals surface area contributed by atoms with Crippen molar-refractivity contribution in [3.63, 3.8) is 0 Å². The van der Waals surface area contributed by atoms with E-state index in [0.29, 0.717) is 22.3 Å². The summed E-state index contributed by atoms with van der Waals surface area (Å²) in [5, 5.41) is 31.5. The summed E-state index contributed by atoms with van der Waals surface area (Å²) < 4.78 is 6.38. The quantitative estimate of drug-likeness (QED) is 0.269. The first kappa shape index (κ1) is 27.4. The first-order valence-corrected chi connectivity index (χ1v) is 12.0. The van der Waals surface area contributed by atoms with E-state index in [1.165, 1.54) is 17.7 Å².